The lowest BCUT2D eigenvalue weighted by molar-refractivity contribution is -0.191. The Labute approximate surface area is 144 Å². The summed E-state index contributed by atoms with van der Waals surface area (Å²) in [4.78, 5) is 12.1. The lowest BCUT2D eigenvalue weighted by atomic mass is 9.40. The van der Waals surface area contributed by atoms with E-state index < -0.39 is 17.5 Å². The molecule has 1 spiro atoms. The Morgan fingerprint density at radius 1 is 1.17 bits per heavy atom. The first-order chi connectivity index (χ1) is 11.3. The molecular formula is C20H30O4. The third-order valence-corrected chi connectivity index (χ3v) is 8.59. The minimum Gasteiger partial charge on any atom is -0.481 e. The number of fused-ring (bicyclic) bond motifs is 3. The summed E-state index contributed by atoms with van der Waals surface area (Å²) in [5.41, 5.74) is 0.113. The smallest absolute Gasteiger partial charge is 0.309 e. The summed E-state index contributed by atoms with van der Waals surface area (Å²) in [7, 11) is 0. The van der Waals surface area contributed by atoms with Gasteiger partial charge in [-0.3, -0.25) is 4.79 Å². The number of aliphatic hydroxyl groups excluding tert-OH is 2. The molecule has 4 aliphatic carbocycles. The predicted octanol–water partition coefficient (Wildman–Crippen LogP) is 2.98. The fourth-order valence-electron chi connectivity index (χ4n) is 7.51. The minimum atomic E-state index is -0.651. The molecule has 0 radical (unpaired) electrons. The number of carbonyl (C=O) groups is 1. The standard InChI is InChI=1S/C20H30O4/c1-18-7-3-8-19(2,17(23)24)14(18)6-9-20-10-12(11-21)13(16(20)22)4-5-15(18)20/h10,13-16,21-22H,3-9,11H2,1-2H3,(H,23,24). The zero-order chi connectivity index (χ0) is 17.3. The Kier molecular flexibility index (Phi) is 3.51. The number of aliphatic carboxylic acids is 1. The highest BCUT2D eigenvalue weighted by atomic mass is 16.4. The number of hydrogen-bond acceptors (Lipinski definition) is 3. The fourth-order valence-corrected chi connectivity index (χ4v) is 7.51. The van der Waals surface area contributed by atoms with Gasteiger partial charge in [0.25, 0.3) is 0 Å². The van der Waals surface area contributed by atoms with E-state index in [2.05, 4.69) is 13.0 Å². The molecule has 4 nitrogen and oxygen atoms in total. The van der Waals surface area contributed by atoms with Crippen LogP contribution in [-0.2, 0) is 4.79 Å². The summed E-state index contributed by atoms with van der Waals surface area (Å²) in [5, 5.41) is 30.7. The molecular weight excluding hydrogens is 304 g/mol. The van der Waals surface area contributed by atoms with E-state index in [0.717, 1.165) is 50.5 Å². The Hall–Kier alpha value is -0.870. The molecule has 2 bridgehead atoms. The van der Waals surface area contributed by atoms with Crippen LogP contribution in [0.25, 0.3) is 0 Å². The van der Waals surface area contributed by atoms with Gasteiger partial charge in [-0.05, 0) is 68.3 Å². The van der Waals surface area contributed by atoms with Gasteiger partial charge < -0.3 is 15.3 Å². The number of carboxylic acid groups (broad SMARTS) is 1. The van der Waals surface area contributed by atoms with Gasteiger partial charge in [0, 0.05) is 11.3 Å². The van der Waals surface area contributed by atoms with Crippen molar-refractivity contribution in [2.24, 2.45) is 34.0 Å². The van der Waals surface area contributed by atoms with Crippen molar-refractivity contribution in [1.29, 1.82) is 0 Å². The maximum absolute atomic E-state index is 12.1. The van der Waals surface area contributed by atoms with Crippen molar-refractivity contribution in [3.8, 4) is 0 Å². The van der Waals surface area contributed by atoms with Crippen molar-refractivity contribution < 1.29 is 20.1 Å². The third kappa shape index (κ3) is 1.79. The first-order valence-corrected chi connectivity index (χ1v) is 9.53. The van der Waals surface area contributed by atoms with Crippen LogP contribution in [0.2, 0.25) is 0 Å². The van der Waals surface area contributed by atoms with Crippen molar-refractivity contribution >= 4 is 5.97 Å². The molecule has 7 atom stereocenters. The van der Waals surface area contributed by atoms with E-state index in [1.807, 2.05) is 6.92 Å². The first kappa shape index (κ1) is 16.6. The van der Waals surface area contributed by atoms with Crippen LogP contribution >= 0.6 is 0 Å². The van der Waals surface area contributed by atoms with Crippen LogP contribution in [0.15, 0.2) is 11.6 Å². The SMILES string of the molecule is CC1(C(=O)O)CCCC2(C)C1CCC13C=C(CO)C(CCC21)C3O. The second-order valence-electron chi connectivity index (χ2n) is 9.34. The summed E-state index contributed by atoms with van der Waals surface area (Å²) < 4.78 is 0. The van der Waals surface area contributed by atoms with E-state index >= 15 is 0 Å². The summed E-state index contributed by atoms with van der Waals surface area (Å²) >= 11 is 0. The lowest BCUT2D eigenvalue weighted by Crippen LogP contribution is -2.61. The van der Waals surface area contributed by atoms with Crippen LogP contribution in [0.5, 0.6) is 0 Å². The van der Waals surface area contributed by atoms with E-state index in [1.165, 1.54) is 0 Å². The molecule has 0 aromatic carbocycles. The Morgan fingerprint density at radius 2 is 1.92 bits per heavy atom. The van der Waals surface area contributed by atoms with Crippen molar-refractivity contribution in [3.63, 3.8) is 0 Å². The highest BCUT2D eigenvalue weighted by molar-refractivity contribution is 5.75. The monoisotopic (exact) mass is 334 g/mol. The van der Waals surface area contributed by atoms with E-state index in [9.17, 15) is 20.1 Å². The molecule has 4 aliphatic rings. The minimum absolute atomic E-state index is 0.0308. The number of carboxylic acids is 1. The van der Waals surface area contributed by atoms with E-state index in [1.54, 1.807) is 0 Å². The third-order valence-electron chi connectivity index (χ3n) is 8.59. The molecule has 4 heteroatoms. The lowest BCUT2D eigenvalue weighted by Gasteiger charge is -2.64. The van der Waals surface area contributed by atoms with Gasteiger partial charge in [-0.1, -0.05) is 19.4 Å². The van der Waals surface area contributed by atoms with Gasteiger partial charge in [-0.25, -0.2) is 0 Å². The molecule has 7 unspecified atom stereocenters. The maximum Gasteiger partial charge on any atom is 0.309 e. The molecule has 3 N–H and O–H groups in total. The Bertz CT molecular complexity index is 598. The number of aliphatic hydroxyl groups is 2. The van der Waals surface area contributed by atoms with Crippen molar-refractivity contribution in [1.82, 2.24) is 0 Å². The van der Waals surface area contributed by atoms with Gasteiger partial charge >= 0.3 is 5.97 Å². The van der Waals surface area contributed by atoms with Gasteiger partial charge in [-0.2, -0.15) is 0 Å². The van der Waals surface area contributed by atoms with Gasteiger partial charge in [0.1, 0.15) is 0 Å². The summed E-state index contributed by atoms with van der Waals surface area (Å²) in [6, 6.07) is 0. The van der Waals surface area contributed by atoms with Crippen molar-refractivity contribution in [2.75, 3.05) is 6.61 Å². The highest BCUT2D eigenvalue weighted by Gasteiger charge is 2.67. The van der Waals surface area contributed by atoms with Crippen LogP contribution in [0.3, 0.4) is 0 Å². The van der Waals surface area contributed by atoms with E-state index in [4.69, 9.17) is 0 Å². The molecule has 134 valence electrons. The quantitative estimate of drug-likeness (QED) is 0.679. The largest absolute Gasteiger partial charge is 0.481 e. The first-order valence-electron chi connectivity index (χ1n) is 9.53. The number of hydrogen-bond donors (Lipinski definition) is 3. The average Bonchev–Trinajstić information content (AvgIpc) is 2.70. The molecule has 3 saturated carbocycles. The molecule has 0 aliphatic heterocycles. The second kappa shape index (κ2) is 5.07. The van der Waals surface area contributed by atoms with Gasteiger partial charge in [0.15, 0.2) is 0 Å². The summed E-state index contributed by atoms with van der Waals surface area (Å²) in [5.74, 6) is -0.0253. The van der Waals surface area contributed by atoms with E-state index in [-0.39, 0.29) is 29.3 Å². The average molecular weight is 334 g/mol. The molecule has 0 saturated heterocycles. The second-order valence-corrected chi connectivity index (χ2v) is 9.34. The zero-order valence-corrected chi connectivity index (χ0v) is 14.8. The Balaban J connectivity index is 1.78. The van der Waals surface area contributed by atoms with Crippen LogP contribution < -0.4 is 0 Å². The normalized spacial score (nSPS) is 53.1. The van der Waals surface area contributed by atoms with Gasteiger partial charge in [0.2, 0.25) is 0 Å². The van der Waals surface area contributed by atoms with Crippen LogP contribution in [-0.4, -0.2) is 34.0 Å². The van der Waals surface area contributed by atoms with Crippen molar-refractivity contribution in [2.45, 2.75) is 64.9 Å². The molecule has 0 heterocycles. The molecule has 4 rings (SSSR count). The zero-order valence-electron chi connectivity index (χ0n) is 14.8. The van der Waals surface area contributed by atoms with Crippen LogP contribution in [0.1, 0.15) is 58.8 Å². The molecule has 24 heavy (non-hydrogen) atoms. The van der Waals surface area contributed by atoms with Crippen LogP contribution in [0, 0.1) is 34.0 Å². The fraction of sp³-hybridized carbons (Fsp3) is 0.850. The van der Waals surface area contributed by atoms with Crippen LogP contribution in [0.4, 0.5) is 0 Å². The highest BCUT2D eigenvalue weighted by Crippen LogP contribution is 2.70. The van der Waals surface area contributed by atoms with Crippen molar-refractivity contribution in [3.05, 3.63) is 11.6 Å². The molecule has 0 aromatic rings. The summed E-state index contributed by atoms with van der Waals surface area (Å²) in [6.07, 6.45) is 8.30. The maximum atomic E-state index is 12.1. The number of rotatable bonds is 2. The van der Waals surface area contributed by atoms with E-state index in [0.29, 0.717) is 5.92 Å². The molecule has 0 aromatic heterocycles. The predicted molar refractivity (Wildman–Crippen MR) is 90.2 cm³/mol. The topological polar surface area (TPSA) is 77.8 Å². The Morgan fingerprint density at radius 3 is 2.58 bits per heavy atom. The summed E-state index contributed by atoms with van der Waals surface area (Å²) in [6.45, 7) is 4.28. The van der Waals surface area contributed by atoms with Gasteiger partial charge in [-0.15, -0.1) is 0 Å². The molecule has 0 amide bonds. The molecule has 3 fully saturated rings. The van der Waals surface area contributed by atoms with Gasteiger partial charge in [0.05, 0.1) is 18.1 Å².